The van der Waals surface area contributed by atoms with Gasteiger partial charge in [-0.25, -0.2) is 4.39 Å². The number of hydrogen-bond donors (Lipinski definition) is 2. The van der Waals surface area contributed by atoms with Crippen molar-refractivity contribution < 1.29 is 9.18 Å². The van der Waals surface area contributed by atoms with Crippen LogP contribution in [0, 0.1) is 5.82 Å². The van der Waals surface area contributed by atoms with Crippen LogP contribution >= 0.6 is 11.6 Å². The summed E-state index contributed by atoms with van der Waals surface area (Å²) in [6.45, 7) is 2.27. The summed E-state index contributed by atoms with van der Waals surface area (Å²) in [6, 6.07) is 4.62. The van der Waals surface area contributed by atoms with Gasteiger partial charge in [-0.3, -0.25) is 9.69 Å². The summed E-state index contributed by atoms with van der Waals surface area (Å²) < 4.78 is 13.6. The van der Waals surface area contributed by atoms with Crippen molar-refractivity contribution in [3.05, 3.63) is 29.0 Å². The van der Waals surface area contributed by atoms with E-state index in [2.05, 4.69) is 10.6 Å². The van der Waals surface area contributed by atoms with Crippen molar-refractivity contribution in [1.82, 2.24) is 10.2 Å². The van der Waals surface area contributed by atoms with E-state index < -0.39 is 5.82 Å². The van der Waals surface area contributed by atoms with Gasteiger partial charge in [-0.15, -0.1) is 0 Å². The van der Waals surface area contributed by atoms with Gasteiger partial charge in [0.05, 0.1) is 12.2 Å². The molecule has 0 saturated carbocycles. The fourth-order valence-electron chi connectivity index (χ4n) is 2.58. The Labute approximate surface area is 129 Å². The van der Waals surface area contributed by atoms with Crippen LogP contribution in [0.3, 0.4) is 0 Å². The highest BCUT2D eigenvalue weighted by Gasteiger charge is 2.19. The average Bonchev–Trinajstić information content (AvgIpc) is 2.71. The molecule has 0 aromatic heterocycles. The zero-order chi connectivity index (χ0) is 15.2. The second-order valence-corrected chi connectivity index (χ2v) is 5.86. The molecule has 1 unspecified atom stereocenters. The number of carbonyl (C=O) groups excluding carboxylic acids is 1. The van der Waals surface area contributed by atoms with Gasteiger partial charge in [0, 0.05) is 11.1 Å². The lowest BCUT2D eigenvalue weighted by atomic mass is 10.1. The van der Waals surface area contributed by atoms with E-state index in [-0.39, 0.29) is 18.1 Å². The van der Waals surface area contributed by atoms with Gasteiger partial charge < -0.3 is 10.6 Å². The third-order valence-corrected chi connectivity index (χ3v) is 4.00. The quantitative estimate of drug-likeness (QED) is 0.897. The van der Waals surface area contributed by atoms with Crippen LogP contribution in [0.25, 0.3) is 0 Å². The van der Waals surface area contributed by atoms with Gasteiger partial charge in [0.1, 0.15) is 5.82 Å². The molecule has 1 amide bonds. The molecule has 1 saturated heterocycles. The molecule has 2 N–H and O–H groups in total. The highest BCUT2D eigenvalue weighted by molar-refractivity contribution is 6.30. The molecular formula is C15H21ClFN3O. The Morgan fingerprint density at radius 1 is 1.48 bits per heavy atom. The molecule has 116 valence electrons. The molecule has 1 aliphatic rings. The van der Waals surface area contributed by atoms with Crippen LogP contribution in [0.15, 0.2) is 18.2 Å². The zero-order valence-corrected chi connectivity index (χ0v) is 12.9. The summed E-state index contributed by atoms with van der Waals surface area (Å²) in [7, 11) is 1.94. The molecule has 1 fully saturated rings. The predicted molar refractivity (Wildman–Crippen MR) is 83.2 cm³/mol. The zero-order valence-electron chi connectivity index (χ0n) is 12.2. The first kappa shape index (κ1) is 16.2. The Kier molecular flexibility index (Phi) is 5.96. The van der Waals surface area contributed by atoms with Gasteiger partial charge in [0.25, 0.3) is 0 Å². The van der Waals surface area contributed by atoms with Crippen molar-refractivity contribution >= 4 is 23.2 Å². The lowest BCUT2D eigenvalue weighted by molar-refractivity contribution is -0.117. The normalized spacial score (nSPS) is 19.3. The molecule has 1 atom stereocenters. The predicted octanol–water partition coefficient (Wildman–Crippen LogP) is 2.49. The lowest BCUT2D eigenvalue weighted by Crippen LogP contribution is -2.38. The second kappa shape index (κ2) is 7.73. The van der Waals surface area contributed by atoms with E-state index in [1.807, 2.05) is 11.9 Å². The van der Waals surface area contributed by atoms with Gasteiger partial charge in [0.15, 0.2) is 0 Å². The summed E-state index contributed by atoms with van der Waals surface area (Å²) in [6.07, 6.45) is 3.22. The molecule has 0 bridgehead atoms. The Hall–Kier alpha value is -1.17. The number of amides is 1. The Morgan fingerprint density at radius 2 is 2.29 bits per heavy atom. The highest BCUT2D eigenvalue weighted by Crippen LogP contribution is 2.19. The summed E-state index contributed by atoms with van der Waals surface area (Å²) in [5.74, 6) is -0.729. The van der Waals surface area contributed by atoms with Crippen LogP contribution in [-0.4, -0.2) is 43.5 Å². The molecule has 1 heterocycles. The van der Waals surface area contributed by atoms with Crippen LogP contribution in [0.4, 0.5) is 10.1 Å². The summed E-state index contributed by atoms with van der Waals surface area (Å²) >= 11 is 5.69. The first-order chi connectivity index (χ1) is 10.1. The molecule has 0 spiro atoms. The number of benzene rings is 1. The molecular weight excluding hydrogens is 293 g/mol. The van der Waals surface area contributed by atoms with Gasteiger partial charge in [-0.05, 0) is 57.6 Å². The molecule has 0 aliphatic carbocycles. The van der Waals surface area contributed by atoms with Gasteiger partial charge >= 0.3 is 0 Å². The minimum absolute atomic E-state index is 0.167. The van der Waals surface area contributed by atoms with E-state index in [9.17, 15) is 9.18 Å². The standard InChI is InChI=1S/C15H21ClFN3O/c1-20(12-3-2-7-18-8-6-12)10-15(21)19-14-5-4-11(16)9-13(14)17/h4-5,9,12,18H,2-3,6-8,10H2,1H3,(H,19,21). The Bertz CT molecular complexity index is 490. The molecule has 0 radical (unpaired) electrons. The number of nitrogens with zero attached hydrogens (tertiary/aromatic N) is 1. The largest absolute Gasteiger partial charge is 0.322 e. The van der Waals surface area contributed by atoms with Crippen LogP contribution in [0.5, 0.6) is 0 Å². The van der Waals surface area contributed by atoms with Crippen molar-refractivity contribution in [2.75, 3.05) is 32.0 Å². The lowest BCUT2D eigenvalue weighted by Gasteiger charge is -2.26. The Morgan fingerprint density at radius 3 is 3.05 bits per heavy atom. The van der Waals surface area contributed by atoms with Crippen molar-refractivity contribution in [1.29, 1.82) is 0 Å². The van der Waals surface area contributed by atoms with Gasteiger partial charge in [-0.2, -0.15) is 0 Å². The molecule has 4 nitrogen and oxygen atoms in total. The first-order valence-corrected chi connectivity index (χ1v) is 7.60. The number of anilines is 1. The third-order valence-electron chi connectivity index (χ3n) is 3.77. The van der Waals surface area contributed by atoms with E-state index in [4.69, 9.17) is 11.6 Å². The smallest absolute Gasteiger partial charge is 0.238 e. The molecule has 2 rings (SSSR count). The maximum Gasteiger partial charge on any atom is 0.238 e. The van der Waals surface area contributed by atoms with Crippen molar-refractivity contribution in [3.8, 4) is 0 Å². The van der Waals surface area contributed by atoms with E-state index in [1.165, 1.54) is 12.1 Å². The van der Waals surface area contributed by atoms with E-state index in [0.29, 0.717) is 11.1 Å². The van der Waals surface area contributed by atoms with Crippen LogP contribution in [0.1, 0.15) is 19.3 Å². The number of carbonyl (C=O) groups is 1. The molecule has 1 aromatic carbocycles. The first-order valence-electron chi connectivity index (χ1n) is 7.22. The SMILES string of the molecule is CN(CC(=O)Nc1ccc(Cl)cc1F)C1CCCNCC1. The van der Waals surface area contributed by atoms with E-state index in [0.717, 1.165) is 32.4 Å². The summed E-state index contributed by atoms with van der Waals surface area (Å²) in [4.78, 5) is 14.1. The van der Waals surface area contributed by atoms with E-state index >= 15 is 0 Å². The fourth-order valence-corrected chi connectivity index (χ4v) is 2.74. The minimum atomic E-state index is -0.517. The average molecular weight is 314 g/mol. The molecule has 1 aliphatic heterocycles. The molecule has 21 heavy (non-hydrogen) atoms. The van der Waals surface area contributed by atoms with Gasteiger partial charge in [0.2, 0.25) is 5.91 Å². The number of rotatable bonds is 4. The second-order valence-electron chi connectivity index (χ2n) is 5.42. The maximum absolute atomic E-state index is 13.6. The number of likely N-dealkylation sites (N-methyl/N-ethyl adjacent to an activating group) is 1. The molecule has 6 heteroatoms. The monoisotopic (exact) mass is 313 g/mol. The third kappa shape index (κ3) is 4.95. The minimum Gasteiger partial charge on any atom is -0.322 e. The summed E-state index contributed by atoms with van der Waals surface area (Å²) in [5.41, 5.74) is 0.167. The highest BCUT2D eigenvalue weighted by atomic mass is 35.5. The maximum atomic E-state index is 13.6. The number of nitrogens with one attached hydrogen (secondary N) is 2. The van der Waals surface area contributed by atoms with Crippen LogP contribution in [0.2, 0.25) is 5.02 Å². The van der Waals surface area contributed by atoms with Crippen molar-refractivity contribution in [2.45, 2.75) is 25.3 Å². The number of halogens is 2. The topological polar surface area (TPSA) is 44.4 Å². The van der Waals surface area contributed by atoms with Crippen molar-refractivity contribution in [3.63, 3.8) is 0 Å². The van der Waals surface area contributed by atoms with Crippen LogP contribution in [-0.2, 0) is 4.79 Å². The van der Waals surface area contributed by atoms with E-state index in [1.54, 1.807) is 6.07 Å². The summed E-state index contributed by atoms with van der Waals surface area (Å²) in [5, 5.41) is 6.26. The Balaban J connectivity index is 1.88. The van der Waals surface area contributed by atoms with Crippen molar-refractivity contribution in [2.24, 2.45) is 0 Å². The molecule has 1 aromatic rings. The van der Waals surface area contributed by atoms with Gasteiger partial charge in [-0.1, -0.05) is 11.6 Å². The van der Waals surface area contributed by atoms with Crippen LogP contribution < -0.4 is 10.6 Å². The number of hydrogen-bond acceptors (Lipinski definition) is 3. The fraction of sp³-hybridized carbons (Fsp3) is 0.533.